The molecular formula is C19H18ClN3O3S. The Morgan fingerprint density at radius 2 is 2.04 bits per heavy atom. The highest BCUT2D eigenvalue weighted by Crippen LogP contribution is 2.21. The van der Waals surface area contributed by atoms with Gasteiger partial charge in [-0.3, -0.25) is 14.2 Å². The van der Waals surface area contributed by atoms with Gasteiger partial charge in [0, 0.05) is 10.7 Å². The molecule has 8 heteroatoms. The summed E-state index contributed by atoms with van der Waals surface area (Å²) in [6.45, 7) is 1.68. The lowest BCUT2D eigenvalue weighted by Gasteiger charge is -2.14. The van der Waals surface area contributed by atoms with Gasteiger partial charge in [-0.2, -0.15) is 0 Å². The summed E-state index contributed by atoms with van der Waals surface area (Å²) >= 11 is 7.14. The van der Waals surface area contributed by atoms with Crippen molar-refractivity contribution in [3.63, 3.8) is 0 Å². The van der Waals surface area contributed by atoms with Gasteiger partial charge < -0.3 is 10.4 Å². The number of nitrogens with zero attached hydrogens (tertiary/aromatic N) is 2. The first-order valence-electron chi connectivity index (χ1n) is 8.30. The molecule has 0 saturated heterocycles. The molecule has 1 amide bonds. The highest BCUT2D eigenvalue weighted by molar-refractivity contribution is 7.99. The zero-order valence-electron chi connectivity index (χ0n) is 14.6. The van der Waals surface area contributed by atoms with Crippen LogP contribution in [-0.4, -0.2) is 32.4 Å². The van der Waals surface area contributed by atoms with Gasteiger partial charge in [-0.25, -0.2) is 4.98 Å². The van der Waals surface area contributed by atoms with Crippen LogP contribution in [-0.2, 0) is 11.3 Å². The van der Waals surface area contributed by atoms with Crippen LogP contribution in [0.2, 0.25) is 5.02 Å². The summed E-state index contributed by atoms with van der Waals surface area (Å²) in [5, 5.41) is 13.8. The molecule has 2 aromatic carbocycles. The minimum atomic E-state index is -0.730. The van der Waals surface area contributed by atoms with Gasteiger partial charge in [-0.1, -0.05) is 41.6 Å². The minimum absolute atomic E-state index is 0.0766. The smallest absolute Gasteiger partial charge is 0.262 e. The molecule has 2 N–H and O–H groups in total. The monoisotopic (exact) mass is 403 g/mol. The molecule has 0 aliphatic carbocycles. The van der Waals surface area contributed by atoms with E-state index in [-0.39, 0.29) is 23.8 Å². The van der Waals surface area contributed by atoms with Crippen molar-refractivity contribution >= 4 is 45.9 Å². The van der Waals surface area contributed by atoms with Crippen molar-refractivity contribution in [1.82, 2.24) is 9.55 Å². The molecule has 3 rings (SSSR count). The Labute approximate surface area is 165 Å². The third-order valence-corrected chi connectivity index (χ3v) is 4.93. The zero-order chi connectivity index (χ0) is 19.4. The van der Waals surface area contributed by atoms with Crippen molar-refractivity contribution in [1.29, 1.82) is 0 Å². The molecule has 0 aliphatic rings. The molecule has 0 fully saturated rings. The maximum absolute atomic E-state index is 12.8. The maximum atomic E-state index is 12.8. The van der Waals surface area contributed by atoms with E-state index in [4.69, 9.17) is 11.6 Å². The first-order chi connectivity index (χ1) is 12.9. The fourth-order valence-corrected chi connectivity index (χ4v) is 3.53. The van der Waals surface area contributed by atoms with Crippen molar-refractivity contribution in [2.75, 3.05) is 11.1 Å². The summed E-state index contributed by atoms with van der Waals surface area (Å²) in [5.74, 6) is -0.136. The Kier molecular flexibility index (Phi) is 6.15. The number of rotatable bonds is 6. The fourth-order valence-electron chi connectivity index (χ4n) is 2.56. The molecule has 27 heavy (non-hydrogen) atoms. The number of nitrogens with one attached hydrogen (secondary N) is 1. The van der Waals surface area contributed by atoms with Crippen molar-refractivity contribution in [2.45, 2.75) is 24.7 Å². The van der Waals surface area contributed by atoms with Gasteiger partial charge in [-0.05, 0) is 37.3 Å². The van der Waals surface area contributed by atoms with Gasteiger partial charge in [0.25, 0.3) is 5.56 Å². The molecule has 140 valence electrons. The van der Waals surface area contributed by atoms with Gasteiger partial charge in [0.1, 0.15) is 0 Å². The second-order valence-corrected chi connectivity index (χ2v) is 7.40. The van der Waals surface area contributed by atoms with Gasteiger partial charge >= 0.3 is 0 Å². The number of anilines is 1. The van der Waals surface area contributed by atoms with E-state index < -0.39 is 6.10 Å². The van der Waals surface area contributed by atoms with Gasteiger partial charge in [0.15, 0.2) is 5.16 Å². The van der Waals surface area contributed by atoms with Crippen LogP contribution in [0.4, 0.5) is 5.69 Å². The normalized spacial score (nSPS) is 12.1. The van der Waals surface area contributed by atoms with Crippen LogP contribution in [0.1, 0.15) is 6.92 Å². The number of aliphatic hydroxyl groups is 1. The molecular weight excluding hydrogens is 386 g/mol. The lowest BCUT2D eigenvalue weighted by atomic mass is 10.2. The number of thioether (sulfide) groups is 1. The summed E-state index contributed by atoms with van der Waals surface area (Å²) in [7, 11) is 0. The molecule has 1 atom stereocenters. The number of halogens is 1. The molecule has 0 radical (unpaired) electrons. The molecule has 0 saturated carbocycles. The third kappa shape index (κ3) is 4.88. The van der Waals surface area contributed by atoms with Crippen LogP contribution < -0.4 is 10.9 Å². The molecule has 3 aromatic rings. The average Bonchev–Trinajstić information content (AvgIpc) is 2.63. The topological polar surface area (TPSA) is 84.2 Å². The number of benzene rings is 2. The fraction of sp³-hybridized carbons (Fsp3) is 0.211. The largest absolute Gasteiger partial charge is 0.392 e. The van der Waals surface area contributed by atoms with Crippen molar-refractivity contribution < 1.29 is 9.90 Å². The van der Waals surface area contributed by atoms with E-state index in [2.05, 4.69) is 10.3 Å². The summed E-state index contributed by atoms with van der Waals surface area (Å²) in [6, 6.07) is 14.0. The molecule has 0 bridgehead atoms. The first-order valence-corrected chi connectivity index (χ1v) is 9.66. The molecule has 1 heterocycles. The van der Waals surface area contributed by atoms with Crippen LogP contribution >= 0.6 is 23.4 Å². The number of para-hydroxylation sites is 1. The molecule has 0 unspecified atom stereocenters. The predicted molar refractivity (Wildman–Crippen MR) is 108 cm³/mol. The number of aromatic nitrogens is 2. The highest BCUT2D eigenvalue weighted by atomic mass is 35.5. The standard InChI is InChI=1S/C19H18ClN3O3S/c1-12(24)10-23-18(26)15-8-7-13(20)9-16(15)22-19(23)27-11-17(25)21-14-5-3-2-4-6-14/h2-9,12,24H,10-11H2,1H3,(H,21,25)/t12-/m0/s1. The molecule has 6 nitrogen and oxygen atoms in total. The van der Waals surface area contributed by atoms with E-state index in [0.717, 1.165) is 11.8 Å². The van der Waals surface area contributed by atoms with Gasteiger partial charge in [0.05, 0.1) is 29.3 Å². The Bertz CT molecular complexity index is 1020. The van der Waals surface area contributed by atoms with Crippen molar-refractivity contribution in [3.8, 4) is 0 Å². The van der Waals surface area contributed by atoms with E-state index >= 15 is 0 Å². The number of aliphatic hydroxyl groups excluding tert-OH is 1. The molecule has 1 aromatic heterocycles. The van der Waals surface area contributed by atoms with E-state index in [1.54, 1.807) is 37.3 Å². The number of hydrogen-bond acceptors (Lipinski definition) is 5. The quantitative estimate of drug-likeness (QED) is 0.488. The molecule has 0 spiro atoms. The number of amides is 1. The number of hydrogen-bond donors (Lipinski definition) is 2. The van der Waals surface area contributed by atoms with E-state index in [9.17, 15) is 14.7 Å². The second-order valence-electron chi connectivity index (χ2n) is 6.02. The summed E-state index contributed by atoms with van der Waals surface area (Å²) in [6.07, 6.45) is -0.730. The Morgan fingerprint density at radius 3 is 2.74 bits per heavy atom. The molecule has 0 aliphatic heterocycles. The number of carbonyl (C=O) groups excluding carboxylic acids is 1. The summed E-state index contributed by atoms with van der Waals surface area (Å²) < 4.78 is 1.39. The van der Waals surface area contributed by atoms with Crippen LogP contribution in [0.3, 0.4) is 0 Å². The number of fused-ring (bicyclic) bond motifs is 1. The van der Waals surface area contributed by atoms with Crippen LogP contribution in [0.25, 0.3) is 10.9 Å². The third-order valence-electron chi connectivity index (χ3n) is 3.72. The Morgan fingerprint density at radius 1 is 1.30 bits per heavy atom. The summed E-state index contributed by atoms with van der Waals surface area (Å²) in [5.41, 5.74) is 0.881. The van der Waals surface area contributed by atoms with E-state index in [1.807, 2.05) is 18.2 Å². The lowest BCUT2D eigenvalue weighted by molar-refractivity contribution is -0.113. The van der Waals surface area contributed by atoms with Gasteiger partial charge in [-0.15, -0.1) is 0 Å². The summed E-state index contributed by atoms with van der Waals surface area (Å²) in [4.78, 5) is 29.5. The van der Waals surface area contributed by atoms with Crippen LogP contribution in [0, 0.1) is 0 Å². The number of carbonyl (C=O) groups is 1. The maximum Gasteiger partial charge on any atom is 0.262 e. The predicted octanol–water partition coefficient (Wildman–Crippen LogP) is 3.16. The van der Waals surface area contributed by atoms with Crippen molar-refractivity contribution in [3.05, 3.63) is 63.9 Å². The van der Waals surface area contributed by atoms with E-state index in [0.29, 0.717) is 26.8 Å². The van der Waals surface area contributed by atoms with Crippen LogP contribution in [0.15, 0.2) is 58.5 Å². The minimum Gasteiger partial charge on any atom is -0.392 e. The van der Waals surface area contributed by atoms with Crippen LogP contribution in [0.5, 0.6) is 0 Å². The van der Waals surface area contributed by atoms with Gasteiger partial charge in [0.2, 0.25) is 5.91 Å². The second kappa shape index (κ2) is 8.56. The first kappa shape index (κ1) is 19.4. The highest BCUT2D eigenvalue weighted by Gasteiger charge is 2.15. The Hall–Kier alpha value is -2.35. The Balaban J connectivity index is 1.87. The SMILES string of the molecule is C[C@H](O)Cn1c(SCC(=O)Nc2ccccc2)nc2cc(Cl)ccc2c1=O. The zero-order valence-corrected chi connectivity index (χ0v) is 16.1. The average molecular weight is 404 g/mol. The van der Waals surface area contributed by atoms with Crippen molar-refractivity contribution in [2.24, 2.45) is 0 Å². The lowest BCUT2D eigenvalue weighted by Crippen LogP contribution is -2.28. The van der Waals surface area contributed by atoms with E-state index in [1.165, 1.54) is 4.57 Å².